The van der Waals surface area contributed by atoms with Crippen molar-refractivity contribution in [3.63, 3.8) is 0 Å². The third kappa shape index (κ3) is 5.65. The zero-order valence-electron chi connectivity index (χ0n) is 10.7. The summed E-state index contributed by atoms with van der Waals surface area (Å²) in [7, 11) is 0. The van der Waals surface area contributed by atoms with E-state index in [1.54, 1.807) is 0 Å². The summed E-state index contributed by atoms with van der Waals surface area (Å²) in [5, 5.41) is 0. The fourth-order valence-corrected chi connectivity index (χ4v) is 0.896. The number of carbonyl (C=O) groups is 1. The molecule has 18 heavy (non-hydrogen) atoms. The van der Waals surface area contributed by atoms with Gasteiger partial charge in [-0.3, -0.25) is 4.79 Å². The highest BCUT2D eigenvalue weighted by molar-refractivity contribution is 5.92. The molecule has 0 saturated heterocycles. The molecule has 0 aliphatic carbocycles. The van der Waals surface area contributed by atoms with Crippen molar-refractivity contribution in [2.75, 3.05) is 0 Å². The number of rotatable bonds is 1. The van der Waals surface area contributed by atoms with Crippen molar-refractivity contribution >= 4 is 5.91 Å². The number of benzene rings is 1. The molecule has 0 aliphatic rings. The van der Waals surface area contributed by atoms with Gasteiger partial charge in [0.1, 0.15) is 5.82 Å². The van der Waals surface area contributed by atoms with Gasteiger partial charge in [0, 0.05) is 5.56 Å². The molecule has 0 fully saturated rings. The number of hydrogen-bond acceptors (Lipinski definition) is 1. The van der Waals surface area contributed by atoms with Gasteiger partial charge in [-0.1, -0.05) is 27.7 Å². The summed E-state index contributed by atoms with van der Waals surface area (Å²) < 4.78 is 49.0. The maximum atomic E-state index is 12.7. The molecule has 2 nitrogen and oxygen atoms in total. The van der Waals surface area contributed by atoms with Crippen LogP contribution < -0.4 is 5.73 Å². The van der Waals surface area contributed by atoms with Gasteiger partial charge in [-0.2, -0.15) is 13.2 Å². The first kappa shape index (κ1) is 18.8. The van der Waals surface area contributed by atoms with Crippen molar-refractivity contribution in [2.45, 2.75) is 33.9 Å². The highest BCUT2D eigenvalue weighted by atomic mass is 19.4. The summed E-state index contributed by atoms with van der Waals surface area (Å²) in [5.41, 5.74) is 2.88. The van der Waals surface area contributed by atoms with Crippen LogP contribution in [0.5, 0.6) is 0 Å². The highest BCUT2D eigenvalue weighted by Gasteiger charge is 2.34. The van der Waals surface area contributed by atoms with Gasteiger partial charge >= 0.3 is 6.18 Å². The molecule has 1 rings (SSSR count). The Bertz CT molecular complexity index is 375. The van der Waals surface area contributed by atoms with E-state index in [1.165, 1.54) is 0 Å². The summed E-state index contributed by atoms with van der Waals surface area (Å²) >= 11 is 0. The van der Waals surface area contributed by atoms with E-state index < -0.39 is 23.5 Å². The molecule has 0 radical (unpaired) electrons. The number of amides is 1. The van der Waals surface area contributed by atoms with Gasteiger partial charge < -0.3 is 5.73 Å². The molecule has 0 spiro atoms. The van der Waals surface area contributed by atoms with E-state index in [0.29, 0.717) is 12.1 Å². The van der Waals surface area contributed by atoms with Crippen LogP contribution in [-0.2, 0) is 6.18 Å². The molecule has 0 saturated carbocycles. The molecule has 0 unspecified atom stereocenters. The predicted molar refractivity (Wildman–Crippen MR) is 62.6 cm³/mol. The van der Waals surface area contributed by atoms with Gasteiger partial charge in [-0.25, -0.2) is 4.39 Å². The Kier molecular flexibility index (Phi) is 8.86. The third-order valence-corrected chi connectivity index (χ3v) is 1.56. The van der Waals surface area contributed by atoms with Crippen LogP contribution >= 0.6 is 0 Å². The van der Waals surface area contributed by atoms with Crippen molar-refractivity contribution in [2.24, 2.45) is 5.73 Å². The second kappa shape index (κ2) is 8.49. The van der Waals surface area contributed by atoms with E-state index in [-0.39, 0.29) is 5.56 Å². The van der Waals surface area contributed by atoms with Crippen LogP contribution in [0.25, 0.3) is 0 Å². The second-order valence-electron chi connectivity index (χ2n) is 2.56. The van der Waals surface area contributed by atoms with Crippen LogP contribution in [0.4, 0.5) is 17.6 Å². The monoisotopic (exact) mass is 267 g/mol. The summed E-state index contributed by atoms with van der Waals surface area (Å²) in [6, 6.07) is 1.84. The Morgan fingerprint density at radius 1 is 1.11 bits per heavy atom. The number of alkyl halides is 3. The zero-order chi connectivity index (χ0) is 14.9. The smallest absolute Gasteiger partial charge is 0.366 e. The average Bonchev–Trinajstić information content (AvgIpc) is 2.33. The minimum Gasteiger partial charge on any atom is -0.366 e. The highest BCUT2D eigenvalue weighted by Crippen LogP contribution is 2.31. The Morgan fingerprint density at radius 2 is 1.56 bits per heavy atom. The Balaban J connectivity index is 0. The van der Waals surface area contributed by atoms with E-state index >= 15 is 0 Å². The predicted octanol–water partition coefficient (Wildman–Crippen LogP) is 4.00. The summed E-state index contributed by atoms with van der Waals surface area (Å²) in [5.74, 6) is -2.46. The van der Waals surface area contributed by atoms with Crippen LogP contribution in [0.3, 0.4) is 0 Å². The van der Waals surface area contributed by atoms with Crippen molar-refractivity contribution < 1.29 is 22.4 Å². The molecule has 0 aliphatic heterocycles. The zero-order valence-corrected chi connectivity index (χ0v) is 10.7. The van der Waals surface area contributed by atoms with Gasteiger partial charge in [-0.15, -0.1) is 0 Å². The van der Waals surface area contributed by atoms with E-state index in [2.05, 4.69) is 0 Å². The normalized spacial score (nSPS) is 9.56. The largest absolute Gasteiger partial charge is 0.419 e. The van der Waals surface area contributed by atoms with Crippen molar-refractivity contribution in [1.29, 1.82) is 0 Å². The molecular weight excluding hydrogens is 250 g/mol. The molecule has 0 aromatic heterocycles. The van der Waals surface area contributed by atoms with Gasteiger partial charge in [0.2, 0.25) is 5.91 Å². The number of halogens is 4. The minimum atomic E-state index is -4.82. The summed E-state index contributed by atoms with van der Waals surface area (Å²) in [6.07, 6.45) is -4.82. The maximum absolute atomic E-state index is 12.7. The maximum Gasteiger partial charge on any atom is 0.419 e. The van der Waals surface area contributed by atoms with Crippen LogP contribution in [0.2, 0.25) is 0 Å². The van der Waals surface area contributed by atoms with Crippen LogP contribution in [0.15, 0.2) is 18.2 Å². The van der Waals surface area contributed by atoms with Crippen LogP contribution in [0, 0.1) is 5.82 Å². The molecule has 1 amide bonds. The Labute approximate surface area is 104 Å². The average molecular weight is 267 g/mol. The van der Waals surface area contributed by atoms with E-state index in [1.807, 2.05) is 27.7 Å². The lowest BCUT2D eigenvalue weighted by Crippen LogP contribution is -2.14. The van der Waals surface area contributed by atoms with Crippen molar-refractivity contribution in [1.82, 2.24) is 0 Å². The van der Waals surface area contributed by atoms with E-state index in [9.17, 15) is 22.4 Å². The van der Waals surface area contributed by atoms with E-state index in [0.717, 1.165) is 6.07 Å². The van der Waals surface area contributed by atoms with E-state index in [4.69, 9.17) is 5.73 Å². The fraction of sp³-hybridized carbons (Fsp3) is 0.417. The quantitative estimate of drug-likeness (QED) is 0.768. The van der Waals surface area contributed by atoms with Crippen LogP contribution in [0.1, 0.15) is 43.6 Å². The number of nitrogens with two attached hydrogens (primary N) is 1. The fourth-order valence-electron chi connectivity index (χ4n) is 0.896. The second-order valence-corrected chi connectivity index (χ2v) is 2.56. The lowest BCUT2D eigenvalue weighted by atomic mass is 10.1. The molecule has 1 aromatic rings. The Hall–Kier alpha value is -1.59. The molecular formula is C12H17F4NO. The number of primary amides is 1. The summed E-state index contributed by atoms with van der Waals surface area (Å²) in [6.45, 7) is 8.00. The van der Waals surface area contributed by atoms with Crippen LogP contribution in [-0.4, -0.2) is 5.91 Å². The molecule has 2 N–H and O–H groups in total. The van der Waals surface area contributed by atoms with Crippen molar-refractivity contribution in [3.05, 3.63) is 35.1 Å². The molecule has 0 atom stereocenters. The first-order valence-electron chi connectivity index (χ1n) is 5.49. The van der Waals surface area contributed by atoms with Gasteiger partial charge in [0.25, 0.3) is 0 Å². The Morgan fingerprint density at radius 3 is 1.89 bits per heavy atom. The summed E-state index contributed by atoms with van der Waals surface area (Å²) in [4.78, 5) is 10.5. The molecule has 0 heterocycles. The number of carbonyl (C=O) groups excluding carboxylic acids is 1. The first-order valence-corrected chi connectivity index (χ1v) is 5.49. The lowest BCUT2D eigenvalue weighted by Gasteiger charge is -2.08. The van der Waals surface area contributed by atoms with Gasteiger partial charge in [-0.05, 0) is 18.2 Å². The standard InChI is InChI=1S/C8H5F4NO.2C2H6/c9-6-2-1-4(7(13)14)3-5(6)8(10,11)12;2*1-2/h1-3H,(H2,13,14);2*1-2H3. The number of hydrogen-bond donors (Lipinski definition) is 1. The molecule has 1 aromatic carbocycles. The van der Waals surface area contributed by atoms with Gasteiger partial charge in [0.15, 0.2) is 0 Å². The van der Waals surface area contributed by atoms with Gasteiger partial charge in [0.05, 0.1) is 5.56 Å². The SMILES string of the molecule is CC.CC.NC(=O)c1ccc(F)c(C(F)(F)F)c1. The third-order valence-electron chi connectivity index (χ3n) is 1.56. The lowest BCUT2D eigenvalue weighted by molar-refractivity contribution is -0.140. The first-order chi connectivity index (χ1) is 8.32. The molecule has 0 bridgehead atoms. The van der Waals surface area contributed by atoms with Crippen molar-refractivity contribution in [3.8, 4) is 0 Å². The molecule has 6 heteroatoms. The minimum absolute atomic E-state index is 0.376. The molecule has 104 valence electrons. The topological polar surface area (TPSA) is 43.1 Å².